The van der Waals surface area contributed by atoms with Gasteiger partial charge in [0, 0.05) is 10.3 Å². The molecule has 1 N–H and O–H groups in total. The van der Waals surface area contributed by atoms with Crippen molar-refractivity contribution in [3.8, 4) is 10.4 Å². The number of carbonyl (C=O) groups excluding carboxylic acids is 1. The number of nitrogens with one attached hydrogen (secondary N) is 1. The summed E-state index contributed by atoms with van der Waals surface area (Å²) in [6.07, 6.45) is 0. The summed E-state index contributed by atoms with van der Waals surface area (Å²) < 4.78 is 0. The average molecular weight is 324 g/mol. The molecule has 1 aliphatic rings. The second-order valence-corrected chi connectivity index (χ2v) is 6.82. The Labute approximate surface area is 136 Å². The Morgan fingerprint density at radius 2 is 1.95 bits per heavy atom. The van der Waals surface area contributed by atoms with Crippen LogP contribution >= 0.6 is 23.1 Å². The zero-order valence-electron chi connectivity index (χ0n) is 11.6. The second-order valence-electron chi connectivity index (χ2n) is 4.95. The minimum absolute atomic E-state index is 0.0215. The molecule has 0 bridgehead atoms. The van der Waals surface area contributed by atoms with Crippen LogP contribution in [0.4, 0.5) is 5.69 Å². The summed E-state index contributed by atoms with van der Waals surface area (Å²) in [6, 6.07) is 16.8. The summed E-state index contributed by atoms with van der Waals surface area (Å²) in [5, 5.41) is 7.95. The van der Waals surface area contributed by atoms with E-state index in [0.717, 1.165) is 5.69 Å². The van der Waals surface area contributed by atoms with Gasteiger partial charge >= 0.3 is 0 Å². The fraction of sp³-hybridized carbons (Fsp3) is 0.0588. The van der Waals surface area contributed by atoms with Crippen molar-refractivity contribution in [3.63, 3.8) is 0 Å². The number of thioether (sulfide) groups is 1. The Morgan fingerprint density at radius 1 is 1.09 bits per heavy atom. The highest BCUT2D eigenvalue weighted by molar-refractivity contribution is 8.15. The standard InChI is InChI=1S/C17H12N2OS2/c20-16-10-22-17(19-16)18-12-8-15(21-9-12)14-7-3-5-11-4-1-2-6-13(11)14/h1-9H,10H2,(H,18,19,20). The summed E-state index contributed by atoms with van der Waals surface area (Å²) in [4.78, 5) is 16.9. The van der Waals surface area contributed by atoms with Crippen molar-refractivity contribution in [3.05, 3.63) is 53.9 Å². The SMILES string of the molecule is O=C1CSC(=Nc2csc(-c3cccc4ccccc34)c2)N1. The summed E-state index contributed by atoms with van der Waals surface area (Å²) in [5.41, 5.74) is 2.11. The molecule has 0 spiro atoms. The number of thiophene rings is 1. The molecule has 1 fully saturated rings. The number of amidine groups is 1. The highest BCUT2D eigenvalue weighted by Crippen LogP contribution is 2.36. The Hall–Kier alpha value is -2.11. The van der Waals surface area contributed by atoms with Gasteiger partial charge in [-0.1, -0.05) is 54.2 Å². The molecule has 0 aliphatic carbocycles. The average Bonchev–Trinajstić information content (AvgIpc) is 3.16. The molecule has 5 heteroatoms. The first-order chi connectivity index (χ1) is 10.8. The number of carbonyl (C=O) groups is 1. The number of rotatable bonds is 2. The molecule has 3 nitrogen and oxygen atoms in total. The van der Waals surface area contributed by atoms with Gasteiger partial charge in [0.15, 0.2) is 5.17 Å². The van der Waals surface area contributed by atoms with Crippen LogP contribution in [0.5, 0.6) is 0 Å². The van der Waals surface area contributed by atoms with Crippen LogP contribution in [-0.4, -0.2) is 16.8 Å². The molecule has 1 aliphatic heterocycles. The van der Waals surface area contributed by atoms with Crippen molar-refractivity contribution >= 4 is 50.6 Å². The predicted octanol–water partition coefficient (Wildman–Crippen LogP) is 4.42. The van der Waals surface area contributed by atoms with Gasteiger partial charge in [-0.25, -0.2) is 4.99 Å². The Balaban J connectivity index is 1.73. The third kappa shape index (κ3) is 2.53. The molecule has 0 saturated carbocycles. The fourth-order valence-corrected chi connectivity index (χ4v) is 4.03. The maximum Gasteiger partial charge on any atom is 0.236 e. The van der Waals surface area contributed by atoms with Crippen molar-refractivity contribution in [2.45, 2.75) is 0 Å². The van der Waals surface area contributed by atoms with E-state index in [1.165, 1.54) is 33.0 Å². The summed E-state index contributed by atoms with van der Waals surface area (Å²) >= 11 is 3.12. The van der Waals surface area contributed by atoms with E-state index in [1.54, 1.807) is 11.3 Å². The molecule has 0 radical (unpaired) electrons. The van der Waals surface area contributed by atoms with E-state index in [-0.39, 0.29) is 5.91 Å². The van der Waals surface area contributed by atoms with Crippen LogP contribution in [0.15, 0.2) is 58.9 Å². The maximum atomic E-state index is 11.2. The van der Waals surface area contributed by atoms with Gasteiger partial charge in [0.2, 0.25) is 5.91 Å². The van der Waals surface area contributed by atoms with Gasteiger partial charge in [0.05, 0.1) is 11.4 Å². The van der Waals surface area contributed by atoms with Crippen LogP contribution in [0.1, 0.15) is 0 Å². The number of aliphatic imine (C=N–C) groups is 1. The van der Waals surface area contributed by atoms with Gasteiger partial charge in [-0.3, -0.25) is 4.79 Å². The Bertz CT molecular complexity index is 893. The third-order valence-corrected chi connectivity index (χ3v) is 5.28. The zero-order chi connectivity index (χ0) is 14.9. The minimum Gasteiger partial charge on any atom is -0.304 e. The van der Waals surface area contributed by atoms with Crippen LogP contribution in [0.25, 0.3) is 21.2 Å². The first-order valence-corrected chi connectivity index (χ1v) is 8.74. The van der Waals surface area contributed by atoms with E-state index < -0.39 is 0 Å². The van der Waals surface area contributed by atoms with Gasteiger partial charge in [0.1, 0.15) is 0 Å². The van der Waals surface area contributed by atoms with Gasteiger partial charge in [-0.15, -0.1) is 11.3 Å². The number of benzene rings is 2. The van der Waals surface area contributed by atoms with E-state index in [2.05, 4.69) is 58.8 Å². The minimum atomic E-state index is 0.0215. The summed E-state index contributed by atoms with van der Waals surface area (Å²) in [5.74, 6) is 0.479. The third-order valence-electron chi connectivity index (χ3n) is 3.46. The lowest BCUT2D eigenvalue weighted by molar-refractivity contribution is -0.116. The smallest absolute Gasteiger partial charge is 0.236 e. The number of nitrogens with zero attached hydrogens (tertiary/aromatic N) is 1. The molecular formula is C17H12N2OS2. The van der Waals surface area contributed by atoms with Crippen LogP contribution in [0, 0.1) is 0 Å². The van der Waals surface area contributed by atoms with Gasteiger partial charge in [-0.2, -0.15) is 0 Å². The fourth-order valence-electron chi connectivity index (χ4n) is 2.47. The van der Waals surface area contributed by atoms with Gasteiger partial charge < -0.3 is 5.32 Å². The largest absolute Gasteiger partial charge is 0.304 e. The number of hydrogen-bond donors (Lipinski definition) is 1. The van der Waals surface area contributed by atoms with Crippen molar-refractivity contribution in [2.75, 3.05) is 5.75 Å². The van der Waals surface area contributed by atoms with Crippen molar-refractivity contribution < 1.29 is 4.79 Å². The highest BCUT2D eigenvalue weighted by Gasteiger charge is 2.16. The van der Waals surface area contributed by atoms with Crippen molar-refractivity contribution in [2.24, 2.45) is 4.99 Å². The topological polar surface area (TPSA) is 41.5 Å². The van der Waals surface area contributed by atoms with E-state index in [4.69, 9.17) is 0 Å². The number of amides is 1. The van der Waals surface area contributed by atoms with Gasteiger partial charge in [0.25, 0.3) is 0 Å². The molecule has 2 heterocycles. The van der Waals surface area contributed by atoms with Crippen LogP contribution in [0.2, 0.25) is 0 Å². The van der Waals surface area contributed by atoms with E-state index >= 15 is 0 Å². The molecule has 108 valence electrons. The molecule has 1 saturated heterocycles. The summed E-state index contributed by atoms with van der Waals surface area (Å²) in [7, 11) is 0. The first-order valence-electron chi connectivity index (χ1n) is 6.87. The van der Waals surface area contributed by atoms with Crippen molar-refractivity contribution in [1.29, 1.82) is 0 Å². The molecule has 4 rings (SSSR count). The van der Waals surface area contributed by atoms with E-state index in [9.17, 15) is 4.79 Å². The lowest BCUT2D eigenvalue weighted by Gasteiger charge is -2.03. The monoisotopic (exact) mass is 324 g/mol. The highest BCUT2D eigenvalue weighted by atomic mass is 32.2. The molecule has 1 aromatic heterocycles. The van der Waals surface area contributed by atoms with E-state index in [1.807, 2.05) is 5.38 Å². The normalized spacial score (nSPS) is 16.4. The van der Waals surface area contributed by atoms with Crippen LogP contribution < -0.4 is 5.32 Å². The van der Waals surface area contributed by atoms with Crippen LogP contribution in [0.3, 0.4) is 0 Å². The Morgan fingerprint density at radius 3 is 2.82 bits per heavy atom. The number of fused-ring (bicyclic) bond motifs is 1. The summed E-state index contributed by atoms with van der Waals surface area (Å²) in [6.45, 7) is 0. The lowest BCUT2D eigenvalue weighted by Crippen LogP contribution is -2.19. The van der Waals surface area contributed by atoms with Crippen LogP contribution in [-0.2, 0) is 4.79 Å². The quantitative estimate of drug-likeness (QED) is 0.758. The predicted molar refractivity (Wildman–Crippen MR) is 95.0 cm³/mol. The molecule has 3 aromatic rings. The maximum absolute atomic E-state index is 11.2. The van der Waals surface area contributed by atoms with E-state index in [0.29, 0.717) is 10.9 Å². The van der Waals surface area contributed by atoms with Crippen molar-refractivity contribution in [1.82, 2.24) is 5.32 Å². The Kier molecular flexibility index (Phi) is 3.44. The molecule has 1 amide bonds. The number of hydrogen-bond acceptors (Lipinski definition) is 4. The van der Waals surface area contributed by atoms with Gasteiger partial charge in [-0.05, 0) is 22.4 Å². The molecular weight excluding hydrogens is 312 g/mol. The second kappa shape index (κ2) is 5.59. The molecule has 0 atom stereocenters. The first kappa shape index (κ1) is 13.5. The lowest BCUT2D eigenvalue weighted by atomic mass is 10.0. The molecule has 2 aromatic carbocycles. The molecule has 22 heavy (non-hydrogen) atoms. The molecule has 0 unspecified atom stereocenters. The zero-order valence-corrected chi connectivity index (χ0v) is 13.2.